The van der Waals surface area contributed by atoms with Crippen LogP contribution in [-0.4, -0.2) is 28.6 Å². The van der Waals surface area contributed by atoms with E-state index in [-0.39, 0.29) is 17.1 Å². The Labute approximate surface area is 180 Å². The van der Waals surface area contributed by atoms with Crippen LogP contribution in [0.25, 0.3) is 11.3 Å². The van der Waals surface area contributed by atoms with Crippen LogP contribution in [0.2, 0.25) is 5.02 Å². The number of fused-ring (bicyclic) bond motifs is 1. The summed E-state index contributed by atoms with van der Waals surface area (Å²) in [5.74, 6) is -0.522. The number of pyridine rings is 1. The number of amides is 2. The number of primary amides is 1. The summed E-state index contributed by atoms with van der Waals surface area (Å²) in [6.45, 7) is 6.73. The predicted octanol–water partition coefficient (Wildman–Crippen LogP) is 4.17. The van der Waals surface area contributed by atoms with Gasteiger partial charge in [0.2, 0.25) is 5.91 Å². The molecule has 0 fully saturated rings. The molecule has 1 unspecified atom stereocenters. The average molecular weight is 432 g/mol. The minimum absolute atomic E-state index is 0.159. The lowest BCUT2D eigenvalue weighted by Gasteiger charge is -2.18. The molecule has 3 N–H and O–H groups in total. The third-order valence-electron chi connectivity index (χ3n) is 5.13. The number of hydrogen-bond acceptors (Lipinski definition) is 4. The molecule has 2 heterocycles. The number of nitrogens with two attached hydrogens (primary N) is 1. The number of nitrogens with one attached hydrogen (secondary N) is 1. The van der Waals surface area contributed by atoms with Crippen LogP contribution < -0.4 is 11.1 Å². The topological polar surface area (TPSA) is 85.1 Å². The molecule has 1 aromatic heterocycles. The van der Waals surface area contributed by atoms with Crippen LogP contribution in [0, 0.1) is 0 Å². The summed E-state index contributed by atoms with van der Waals surface area (Å²) in [4.78, 5) is 29.6. The fraction of sp³-hybridized carbons (Fsp3) is 0.409. The first-order valence-electron chi connectivity index (χ1n) is 9.99. The van der Waals surface area contributed by atoms with Gasteiger partial charge in [0.15, 0.2) is 0 Å². The number of rotatable bonds is 7. The highest BCUT2D eigenvalue weighted by Crippen LogP contribution is 2.41. The van der Waals surface area contributed by atoms with Crippen LogP contribution in [-0.2, 0) is 24.1 Å². The van der Waals surface area contributed by atoms with E-state index in [0.29, 0.717) is 29.2 Å². The van der Waals surface area contributed by atoms with Crippen molar-refractivity contribution in [1.29, 1.82) is 0 Å². The van der Waals surface area contributed by atoms with Crippen LogP contribution in [0.4, 0.5) is 0 Å². The Kier molecular flexibility index (Phi) is 6.85. The van der Waals surface area contributed by atoms with Crippen LogP contribution in [0.3, 0.4) is 0 Å². The molecule has 29 heavy (non-hydrogen) atoms. The second-order valence-electron chi connectivity index (χ2n) is 7.08. The first-order chi connectivity index (χ1) is 13.9. The van der Waals surface area contributed by atoms with Crippen molar-refractivity contribution in [2.45, 2.75) is 56.7 Å². The maximum atomic E-state index is 13.0. The molecule has 2 aromatic rings. The van der Waals surface area contributed by atoms with Crippen molar-refractivity contribution in [3.05, 3.63) is 45.5 Å². The van der Waals surface area contributed by atoms with Crippen molar-refractivity contribution in [2.75, 3.05) is 6.54 Å². The fourth-order valence-corrected chi connectivity index (χ4v) is 5.00. The molecule has 0 aliphatic carbocycles. The molecule has 1 aliphatic rings. The summed E-state index contributed by atoms with van der Waals surface area (Å²) in [6.07, 6.45) is 2.86. The van der Waals surface area contributed by atoms with Gasteiger partial charge in [0.1, 0.15) is 5.03 Å². The van der Waals surface area contributed by atoms with Gasteiger partial charge in [-0.25, -0.2) is 4.98 Å². The van der Waals surface area contributed by atoms with Gasteiger partial charge >= 0.3 is 0 Å². The Balaban J connectivity index is 2.24. The van der Waals surface area contributed by atoms with E-state index in [1.807, 2.05) is 32.0 Å². The minimum atomic E-state index is -0.363. The van der Waals surface area contributed by atoms with Crippen molar-refractivity contribution >= 4 is 35.2 Å². The Bertz CT molecular complexity index is 962. The number of carbonyl (C=O) groups excluding carboxylic acids is 2. The number of benzene rings is 1. The Morgan fingerprint density at radius 1 is 1.28 bits per heavy atom. The van der Waals surface area contributed by atoms with Crippen LogP contribution in [0.15, 0.2) is 23.2 Å². The zero-order valence-corrected chi connectivity index (χ0v) is 18.5. The van der Waals surface area contributed by atoms with Crippen LogP contribution in [0.5, 0.6) is 0 Å². The average Bonchev–Trinajstić information content (AvgIpc) is 3.14. The highest BCUT2D eigenvalue weighted by atomic mass is 35.5. The molecule has 5 nitrogen and oxygen atoms in total. The van der Waals surface area contributed by atoms with Gasteiger partial charge in [-0.05, 0) is 54.5 Å². The lowest BCUT2D eigenvalue weighted by molar-refractivity contribution is -0.117. The van der Waals surface area contributed by atoms with Gasteiger partial charge in [-0.15, -0.1) is 0 Å². The summed E-state index contributed by atoms with van der Waals surface area (Å²) < 4.78 is 0. The molecular weight excluding hydrogens is 406 g/mol. The lowest BCUT2D eigenvalue weighted by atomic mass is 9.91. The quantitative estimate of drug-likeness (QED) is 0.688. The van der Waals surface area contributed by atoms with Gasteiger partial charge in [0.25, 0.3) is 5.91 Å². The van der Waals surface area contributed by atoms with Crippen molar-refractivity contribution < 1.29 is 9.59 Å². The molecule has 7 heteroatoms. The maximum absolute atomic E-state index is 13.0. The molecule has 0 radical (unpaired) electrons. The molecular formula is C22H26ClN3O2S. The van der Waals surface area contributed by atoms with Crippen molar-refractivity contribution in [1.82, 2.24) is 10.3 Å². The number of carbonyl (C=O) groups is 2. The third-order valence-corrected chi connectivity index (χ3v) is 6.75. The standard InChI is InChI=1S/C22H26ClN3O2S/c1-4-9-25-21(28)15-10-13-11-17(20(24)27)29-22(13)26-19(15)18-12(5-2)7-8-16(23)14(18)6-3/h7-8,10,17H,4-6,9,11H2,1-3H3,(H2,24,27)(H,25,28). The molecule has 154 valence electrons. The molecule has 1 atom stereocenters. The van der Waals surface area contributed by atoms with Crippen LogP contribution in [0.1, 0.15) is 54.2 Å². The number of aromatic nitrogens is 1. The normalized spacial score (nSPS) is 15.2. The number of aryl methyl sites for hydroxylation is 1. The van der Waals surface area contributed by atoms with Gasteiger partial charge in [0.05, 0.1) is 16.5 Å². The molecule has 2 amide bonds. The minimum Gasteiger partial charge on any atom is -0.369 e. The van der Waals surface area contributed by atoms with Crippen molar-refractivity contribution in [3.8, 4) is 11.3 Å². The monoisotopic (exact) mass is 431 g/mol. The third kappa shape index (κ3) is 4.28. The van der Waals surface area contributed by atoms with Gasteiger partial charge in [-0.3, -0.25) is 9.59 Å². The number of nitrogens with zero attached hydrogens (tertiary/aromatic N) is 1. The first-order valence-corrected chi connectivity index (χ1v) is 11.3. The summed E-state index contributed by atoms with van der Waals surface area (Å²) >= 11 is 7.88. The Hall–Kier alpha value is -2.05. The Morgan fingerprint density at radius 2 is 2.03 bits per heavy atom. The van der Waals surface area contributed by atoms with E-state index >= 15 is 0 Å². The fourth-order valence-electron chi connectivity index (χ4n) is 3.62. The summed E-state index contributed by atoms with van der Waals surface area (Å²) in [5.41, 5.74) is 10.6. The van der Waals surface area contributed by atoms with Crippen LogP contribution >= 0.6 is 23.4 Å². The number of thioether (sulfide) groups is 1. The predicted molar refractivity (Wildman–Crippen MR) is 119 cm³/mol. The first kappa shape index (κ1) is 21.7. The molecule has 0 bridgehead atoms. The van der Waals surface area contributed by atoms with Gasteiger partial charge in [-0.2, -0.15) is 0 Å². The van der Waals surface area contributed by atoms with E-state index < -0.39 is 0 Å². The zero-order valence-electron chi connectivity index (χ0n) is 17.0. The second-order valence-corrected chi connectivity index (χ2v) is 8.68. The lowest BCUT2D eigenvalue weighted by Crippen LogP contribution is -2.26. The number of hydrogen-bond donors (Lipinski definition) is 2. The second kappa shape index (κ2) is 9.18. The smallest absolute Gasteiger partial charge is 0.253 e. The van der Waals surface area contributed by atoms with Crippen molar-refractivity contribution in [3.63, 3.8) is 0 Å². The van der Waals surface area contributed by atoms with E-state index in [1.54, 1.807) is 0 Å². The van der Waals surface area contributed by atoms with Crippen molar-refractivity contribution in [2.24, 2.45) is 5.73 Å². The number of halogens is 1. The van der Waals surface area contributed by atoms with E-state index in [9.17, 15) is 9.59 Å². The van der Waals surface area contributed by atoms with E-state index in [2.05, 4.69) is 12.2 Å². The van der Waals surface area contributed by atoms with Gasteiger partial charge < -0.3 is 11.1 Å². The SMILES string of the molecule is CCCNC(=O)c1cc2c(nc1-c1c(CC)ccc(Cl)c1CC)SC(C(N)=O)C2. The Morgan fingerprint density at radius 3 is 2.66 bits per heavy atom. The van der Waals surface area contributed by atoms with Gasteiger partial charge in [-0.1, -0.05) is 50.2 Å². The molecule has 0 saturated carbocycles. The largest absolute Gasteiger partial charge is 0.369 e. The highest BCUT2D eigenvalue weighted by molar-refractivity contribution is 8.00. The molecule has 3 rings (SSSR count). The van der Waals surface area contributed by atoms with Gasteiger partial charge in [0, 0.05) is 17.1 Å². The summed E-state index contributed by atoms with van der Waals surface area (Å²) in [6, 6.07) is 5.78. The maximum Gasteiger partial charge on any atom is 0.253 e. The molecule has 0 spiro atoms. The highest BCUT2D eigenvalue weighted by Gasteiger charge is 2.31. The molecule has 0 saturated heterocycles. The molecule has 1 aromatic carbocycles. The summed E-state index contributed by atoms with van der Waals surface area (Å²) in [5, 5.41) is 4.05. The molecule has 1 aliphatic heterocycles. The van der Waals surface area contributed by atoms with E-state index in [0.717, 1.165) is 46.5 Å². The van der Waals surface area contributed by atoms with E-state index in [4.69, 9.17) is 22.3 Å². The summed E-state index contributed by atoms with van der Waals surface area (Å²) in [7, 11) is 0. The van der Waals surface area contributed by atoms with E-state index in [1.165, 1.54) is 11.8 Å². The zero-order chi connectivity index (χ0) is 21.1.